The lowest BCUT2D eigenvalue weighted by atomic mass is 9.41. The van der Waals surface area contributed by atoms with Crippen LogP contribution in [0.1, 0.15) is 191 Å². The number of aliphatic hydroxyl groups excluding tert-OH is 4. The second-order valence-electron chi connectivity index (χ2n) is 23.9. The molecule has 0 radical (unpaired) electrons. The van der Waals surface area contributed by atoms with Gasteiger partial charge >= 0.3 is 5.97 Å². The van der Waals surface area contributed by atoms with Crippen molar-refractivity contribution in [2.75, 3.05) is 0 Å². The Bertz CT molecular complexity index is 1420. The first kappa shape index (κ1) is 45.3. The van der Waals surface area contributed by atoms with Gasteiger partial charge in [-0.2, -0.15) is 0 Å². The highest BCUT2D eigenvalue weighted by Crippen LogP contribution is 2.71. The molecule has 8 saturated carbocycles. The standard InChI is InChI=1S/C26H44O4.C26H46O2/c1-5-17-21-14-16(27)10-12-26(21,4)20-11-13-25(3)18(15(2)6-9-22(28)29)7-8-19(25)23(20)24(17)30;1-6-8-16(3)19-9-10-20-23-21(12-14-25(19,20)4)26(5)13-11-17(27)15-22(26)18(7-2)24(23)28/h15-21,23-24,27,30H,5-14H2,1-4H3,(H,28,29);16-24,27-28H,6-15H2,1-5H3/t15-,16-,17-,18-,19?,20?,21+,23+,24-,25-,26-;16-,17-,18-,19-,20?,21?,22+,23+,24-,25-,26-/m11/s1. The predicted molar refractivity (Wildman–Crippen MR) is 234 cm³/mol. The van der Waals surface area contributed by atoms with Gasteiger partial charge in [0.25, 0.3) is 0 Å². The number of rotatable bonds is 9. The maximum Gasteiger partial charge on any atom is 0.303 e. The van der Waals surface area contributed by atoms with Crippen LogP contribution in [0.3, 0.4) is 0 Å². The fourth-order valence-electron chi connectivity index (χ4n) is 19.1. The average Bonchev–Trinajstić information content (AvgIpc) is 3.73. The quantitative estimate of drug-likeness (QED) is 0.158. The molecule has 8 aliphatic carbocycles. The van der Waals surface area contributed by atoms with Crippen LogP contribution < -0.4 is 0 Å². The molecule has 6 heteroatoms. The minimum Gasteiger partial charge on any atom is -0.481 e. The van der Waals surface area contributed by atoms with E-state index >= 15 is 0 Å². The van der Waals surface area contributed by atoms with Crippen LogP contribution in [0.25, 0.3) is 0 Å². The van der Waals surface area contributed by atoms with Gasteiger partial charge in [-0.3, -0.25) is 4.79 Å². The molecule has 334 valence electrons. The molecule has 0 aromatic rings. The van der Waals surface area contributed by atoms with Crippen molar-refractivity contribution in [3.8, 4) is 0 Å². The second kappa shape index (κ2) is 17.1. The highest BCUT2D eigenvalue weighted by Gasteiger charge is 2.66. The molecule has 8 rings (SSSR count). The van der Waals surface area contributed by atoms with E-state index in [9.17, 15) is 25.2 Å². The summed E-state index contributed by atoms with van der Waals surface area (Å²) in [6.07, 6.45) is 21.2. The van der Waals surface area contributed by atoms with Crippen LogP contribution in [-0.4, -0.2) is 55.9 Å². The summed E-state index contributed by atoms with van der Waals surface area (Å²) in [6.45, 7) is 21.7. The molecule has 0 bridgehead atoms. The fourth-order valence-corrected chi connectivity index (χ4v) is 19.1. The summed E-state index contributed by atoms with van der Waals surface area (Å²) in [5.41, 5.74) is 1.25. The number of aliphatic carboxylic acids is 1. The summed E-state index contributed by atoms with van der Waals surface area (Å²) < 4.78 is 0. The van der Waals surface area contributed by atoms with E-state index in [1.165, 1.54) is 70.6 Å². The van der Waals surface area contributed by atoms with E-state index in [4.69, 9.17) is 5.11 Å². The van der Waals surface area contributed by atoms with Gasteiger partial charge in [-0.1, -0.05) is 88.0 Å². The fraction of sp³-hybridized carbons (Fsp3) is 0.981. The van der Waals surface area contributed by atoms with E-state index in [1.807, 2.05) is 0 Å². The van der Waals surface area contributed by atoms with Gasteiger partial charge in [-0.05, 0) is 201 Å². The third-order valence-corrected chi connectivity index (χ3v) is 21.9. The third-order valence-electron chi connectivity index (χ3n) is 21.9. The van der Waals surface area contributed by atoms with E-state index in [2.05, 4.69) is 62.3 Å². The average molecular weight is 811 g/mol. The molecular formula is C52H90O6. The Morgan fingerprint density at radius 1 is 0.534 bits per heavy atom. The van der Waals surface area contributed by atoms with Crippen molar-refractivity contribution in [1.29, 1.82) is 0 Å². The Balaban J connectivity index is 0.000000177. The first-order valence-corrected chi connectivity index (χ1v) is 25.3. The Kier molecular flexibility index (Phi) is 13.4. The lowest BCUT2D eigenvalue weighted by Gasteiger charge is -2.64. The van der Waals surface area contributed by atoms with E-state index in [0.717, 1.165) is 63.2 Å². The maximum absolute atomic E-state index is 11.7. The lowest BCUT2D eigenvalue weighted by Crippen LogP contribution is -2.62. The minimum atomic E-state index is -0.683. The molecule has 8 aliphatic rings. The topological polar surface area (TPSA) is 118 Å². The van der Waals surface area contributed by atoms with Crippen LogP contribution in [0.5, 0.6) is 0 Å². The number of carbonyl (C=O) groups is 1. The van der Waals surface area contributed by atoms with Gasteiger partial charge in [0.05, 0.1) is 24.4 Å². The van der Waals surface area contributed by atoms with Crippen molar-refractivity contribution < 1.29 is 30.3 Å². The van der Waals surface area contributed by atoms with E-state index in [0.29, 0.717) is 81.8 Å². The summed E-state index contributed by atoms with van der Waals surface area (Å²) >= 11 is 0. The molecule has 0 spiro atoms. The molecule has 8 fully saturated rings. The van der Waals surface area contributed by atoms with Gasteiger partial charge in [0.1, 0.15) is 0 Å². The molecule has 22 atom stereocenters. The smallest absolute Gasteiger partial charge is 0.303 e. The van der Waals surface area contributed by atoms with Crippen molar-refractivity contribution >= 4 is 5.97 Å². The van der Waals surface area contributed by atoms with Crippen LogP contribution in [0.15, 0.2) is 0 Å². The van der Waals surface area contributed by atoms with Crippen LogP contribution in [0, 0.1) is 105 Å². The second-order valence-corrected chi connectivity index (χ2v) is 23.9. The molecule has 6 nitrogen and oxygen atoms in total. The predicted octanol–water partition coefficient (Wildman–Crippen LogP) is 11.2. The molecule has 5 N–H and O–H groups in total. The van der Waals surface area contributed by atoms with E-state index < -0.39 is 5.97 Å². The maximum atomic E-state index is 11.7. The summed E-state index contributed by atoms with van der Waals surface area (Å²) in [7, 11) is 0. The summed E-state index contributed by atoms with van der Waals surface area (Å²) in [4.78, 5) is 11.1. The van der Waals surface area contributed by atoms with Gasteiger partial charge in [-0.15, -0.1) is 0 Å². The van der Waals surface area contributed by atoms with Gasteiger partial charge in [-0.25, -0.2) is 0 Å². The summed E-state index contributed by atoms with van der Waals surface area (Å²) in [5.74, 6) is 7.03. The van der Waals surface area contributed by atoms with Crippen molar-refractivity contribution in [2.45, 2.75) is 215 Å². The van der Waals surface area contributed by atoms with Crippen LogP contribution in [0.2, 0.25) is 0 Å². The monoisotopic (exact) mass is 811 g/mol. The molecule has 0 aromatic heterocycles. The number of fused-ring (bicyclic) bond motifs is 10. The van der Waals surface area contributed by atoms with Crippen LogP contribution >= 0.6 is 0 Å². The van der Waals surface area contributed by atoms with E-state index in [1.54, 1.807) is 0 Å². The number of carboxylic acid groups (broad SMARTS) is 1. The molecule has 4 unspecified atom stereocenters. The zero-order valence-corrected chi connectivity index (χ0v) is 38.7. The van der Waals surface area contributed by atoms with Gasteiger partial charge < -0.3 is 25.5 Å². The molecule has 0 aromatic carbocycles. The van der Waals surface area contributed by atoms with Crippen molar-refractivity contribution in [3.63, 3.8) is 0 Å². The van der Waals surface area contributed by atoms with Crippen molar-refractivity contribution in [2.24, 2.45) is 105 Å². The van der Waals surface area contributed by atoms with Crippen molar-refractivity contribution in [3.05, 3.63) is 0 Å². The van der Waals surface area contributed by atoms with Crippen LogP contribution in [-0.2, 0) is 4.79 Å². The Hall–Kier alpha value is -0.690. The molecule has 58 heavy (non-hydrogen) atoms. The number of hydrogen-bond acceptors (Lipinski definition) is 5. The molecular weight excluding hydrogens is 721 g/mol. The third kappa shape index (κ3) is 7.32. The molecule has 0 amide bonds. The highest BCUT2D eigenvalue weighted by atomic mass is 16.4. The zero-order chi connectivity index (χ0) is 42.1. The lowest BCUT2D eigenvalue weighted by molar-refractivity contribution is -0.203. The number of hydrogen-bond donors (Lipinski definition) is 5. The first-order chi connectivity index (χ1) is 27.4. The van der Waals surface area contributed by atoms with Crippen molar-refractivity contribution in [1.82, 2.24) is 0 Å². The first-order valence-electron chi connectivity index (χ1n) is 25.3. The van der Waals surface area contributed by atoms with Gasteiger partial charge in [0.15, 0.2) is 0 Å². The highest BCUT2D eigenvalue weighted by molar-refractivity contribution is 5.66. The minimum absolute atomic E-state index is 0.143. The van der Waals surface area contributed by atoms with Gasteiger partial charge in [0.2, 0.25) is 0 Å². The van der Waals surface area contributed by atoms with Gasteiger partial charge in [0, 0.05) is 6.42 Å². The van der Waals surface area contributed by atoms with Crippen LogP contribution in [0.4, 0.5) is 0 Å². The molecule has 0 heterocycles. The SMILES string of the molecule is CCC[C@@H](C)[C@H]1CCC2[C@H]3C(CC[C@@]21C)[C@@]1(C)CC[C@@H](O)C[C@H]1[C@@H](CC)[C@H]3O.CC[C@H]1[C@@H](O)[C@H]2C3CC[C@H]([C@H](C)CCC(=O)O)[C@@]3(C)CCC2[C@@]2(C)CC[C@@H](O)C[C@@H]12. The Morgan fingerprint density at radius 2 is 0.914 bits per heavy atom. The van der Waals surface area contributed by atoms with E-state index in [-0.39, 0.29) is 41.7 Å². The largest absolute Gasteiger partial charge is 0.481 e. The molecule has 0 aliphatic heterocycles. The normalized spacial score (nSPS) is 53.0. The molecule has 0 saturated heterocycles. The Morgan fingerprint density at radius 3 is 1.29 bits per heavy atom. The summed E-state index contributed by atoms with van der Waals surface area (Å²) in [6, 6.07) is 0. The number of carboxylic acids is 1. The summed E-state index contributed by atoms with van der Waals surface area (Å²) in [5, 5.41) is 53.4. The zero-order valence-electron chi connectivity index (χ0n) is 38.7. The number of aliphatic hydroxyl groups is 4. The Labute approximate surface area is 354 Å².